The van der Waals surface area contributed by atoms with Crippen LogP contribution < -0.4 is 0 Å². The summed E-state index contributed by atoms with van der Waals surface area (Å²) in [7, 11) is 0. The standard InChI is InChI=1S/C37H54O3/c1-26-8-5-11-32-12-6-13-33(39-32)14-7-15-37(38)40-36(25-35(31-21-22-31)28(3)17-16-26)34(30-19-20-30)23-18-29-10-4-9-27(2)24-29/h6-7,9,13,15,18,23,28-36H,1,4-5,8,10-12,14,16-17,19-22,24-25H2,2-3H3/b15-7-,23-18+. The lowest BCUT2D eigenvalue weighted by Gasteiger charge is -2.32. The highest BCUT2D eigenvalue weighted by Gasteiger charge is 2.42. The molecule has 3 aliphatic carbocycles. The lowest BCUT2D eigenvalue weighted by atomic mass is 9.78. The molecule has 5 rings (SSSR count). The van der Waals surface area contributed by atoms with Gasteiger partial charge in [0.25, 0.3) is 0 Å². The van der Waals surface area contributed by atoms with Crippen LogP contribution in [0.5, 0.6) is 0 Å². The van der Waals surface area contributed by atoms with Gasteiger partial charge in [0.1, 0.15) is 6.10 Å². The molecule has 0 aromatic rings. The molecule has 2 bridgehead atoms. The van der Waals surface area contributed by atoms with E-state index in [-0.39, 0.29) is 24.3 Å². The molecule has 0 amide bonds. The average molecular weight is 547 g/mol. The molecule has 2 fully saturated rings. The third-order valence-corrected chi connectivity index (χ3v) is 10.3. The Labute approximate surface area is 244 Å². The number of cyclic esters (lactones) is 1. The predicted octanol–water partition coefficient (Wildman–Crippen LogP) is 9.46. The SMILES string of the molecule is C=C1CCCC2CC=CC(C/C=C\C(=O)OC(C(/C=C/C3CCC=C(C)C3)C3CC3)CC(C3CC3)C(C)CC1)O2. The minimum absolute atomic E-state index is 0.0357. The van der Waals surface area contributed by atoms with E-state index in [4.69, 9.17) is 9.47 Å². The van der Waals surface area contributed by atoms with Crippen molar-refractivity contribution < 1.29 is 14.3 Å². The molecule has 0 saturated heterocycles. The number of hydrogen-bond donors (Lipinski definition) is 0. The summed E-state index contributed by atoms with van der Waals surface area (Å²) in [5.74, 6) is 3.49. The number of fused-ring (bicyclic) bond motifs is 2. The van der Waals surface area contributed by atoms with Crippen LogP contribution in [0, 0.1) is 35.5 Å². The summed E-state index contributed by atoms with van der Waals surface area (Å²) in [6, 6.07) is 0. The molecule has 5 aliphatic rings. The Morgan fingerprint density at radius 3 is 2.65 bits per heavy atom. The van der Waals surface area contributed by atoms with Crippen molar-refractivity contribution in [1.29, 1.82) is 0 Å². The summed E-state index contributed by atoms with van der Waals surface area (Å²) >= 11 is 0. The van der Waals surface area contributed by atoms with Crippen LogP contribution in [-0.2, 0) is 14.3 Å². The van der Waals surface area contributed by atoms with Gasteiger partial charge in [-0.3, -0.25) is 0 Å². The van der Waals surface area contributed by atoms with Crippen LogP contribution in [0.25, 0.3) is 0 Å². The fraction of sp³-hybridized carbons (Fsp3) is 0.703. The molecule has 0 aromatic heterocycles. The van der Waals surface area contributed by atoms with E-state index in [9.17, 15) is 4.79 Å². The third-order valence-electron chi connectivity index (χ3n) is 10.3. The summed E-state index contributed by atoms with van der Waals surface area (Å²) in [5.41, 5.74) is 2.91. The van der Waals surface area contributed by atoms with Gasteiger partial charge in [-0.05, 0) is 133 Å². The Morgan fingerprint density at radius 2 is 1.88 bits per heavy atom. The number of rotatable bonds is 5. The minimum atomic E-state index is -0.173. The van der Waals surface area contributed by atoms with Crippen molar-refractivity contribution in [2.24, 2.45) is 35.5 Å². The molecule has 7 atom stereocenters. The first-order valence-corrected chi connectivity index (χ1v) is 16.6. The maximum atomic E-state index is 13.3. The average Bonchev–Trinajstić information content (AvgIpc) is 3.85. The number of carbonyl (C=O) groups excluding carboxylic acids is 1. The zero-order chi connectivity index (χ0) is 27.9. The van der Waals surface area contributed by atoms with Crippen LogP contribution >= 0.6 is 0 Å². The van der Waals surface area contributed by atoms with Crippen molar-refractivity contribution in [2.45, 2.75) is 128 Å². The van der Waals surface area contributed by atoms with Crippen LogP contribution in [0.1, 0.15) is 110 Å². The van der Waals surface area contributed by atoms with E-state index in [1.165, 1.54) is 62.5 Å². The van der Waals surface area contributed by atoms with Gasteiger partial charge in [0.2, 0.25) is 0 Å². The Bertz CT molecular complexity index is 977. The Morgan fingerprint density at radius 1 is 1.02 bits per heavy atom. The highest BCUT2D eigenvalue weighted by atomic mass is 16.5. The van der Waals surface area contributed by atoms with Gasteiger partial charge in [0.15, 0.2) is 0 Å². The Balaban J connectivity index is 1.34. The summed E-state index contributed by atoms with van der Waals surface area (Å²) in [6.07, 6.45) is 32.9. The Hall–Kier alpha value is -1.87. The van der Waals surface area contributed by atoms with E-state index in [0.29, 0.717) is 29.6 Å². The lowest BCUT2D eigenvalue weighted by Crippen LogP contribution is -2.32. The first kappa shape index (κ1) is 29.6. The number of esters is 1. The molecular formula is C37H54O3. The molecule has 0 radical (unpaired) electrons. The van der Waals surface area contributed by atoms with Gasteiger partial charge >= 0.3 is 5.97 Å². The second-order valence-electron chi connectivity index (χ2n) is 13.9. The van der Waals surface area contributed by atoms with E-state index < -0.39 is 0 Å². The van der Waals surface area contributed by atoms with Gasteiger partial charge < -0.3 is 9.47 Å². The van der Waals surface area contributed by atoms with Gasteiger partial charge in [-0.1, -0.05) is 61.1 Å². The number of allylic oxidation sites excluding steroid dienone is 4. The Kier molecular flexibility index (Phi) is 10.6. The quantitative estimate of drug-likeness (QED) is 0.254. The normalized spacial score (nSPS) is 36.8. The van der Waals surface area contributed by atoms with Gasteiger partial charge in [-0.25, -0.2) is 4.79 Å². The third kappa shape index (κ3) is 9.07. The largest absolute Gasteiger partial charge is 0.459 e. The molecule has 0 N–H and O–H groups in total. The maximum Gasteiger partial charge on any atom is 0.330 e. The summed E-state index contributed by atoms with van der Waals surface area (Å²) < 4.78 is 12.8. The molecule has 0 aromatic carbocycles. The van der Waals surface area contributed by atoms with Crippen LogP contribution in [0.4, 0.5) is 0 Å². The zero-order valence-corrected chi connectivity index (χ0v) is 25.3. The molecular weight excluding hydrogens is 492 g/mol. The molecule has 2 heterocycles. The molecule has 220 valence electrons. The maximum absolute atomic E-state index is 13.3. The van der Waals surface area contributed by atoms with Crippen LogP contribution in [0.3, 0.4) is 0 Å². The summed E-state index contributed by atoms with van der Waals surface area (Å²) in [5, 5.41) is 0. The van der Waals surface area contributed by atoms with Crippen molar-refractivity contribution in [3.63, 3.8) is 0 Å². The van der Waals surface area contributed by atoms with Crippen LogP contribution in [-0.4, -0.2) is 24.3 Å². The lowest BCUT2D eigenvalue weighted by molar-refractivity contribution is -0.146. The molecule has 3 heteroatoms. The molecule has 0 spiro atoms. The predicted molar refractivity (Wildman–Crippen MR) is 165 cm³/mol. The number of hydrogen-bond acceptors (Lipinski definition) is 3. The summed E-state index contributed by atoms with van der Waals surface area (Å²) in [6.45, 7) is 9.18. The van der Waals surface area contributed by atoms with Gasteiger partial charge in [0, 0.05) is 12.0 Å². The molecule has 7 unspecified atom stereocenters. The van der Waals surface area contributed by atoms with E-state index >= 15 is 0 Å². The molecule has 3 nitrogen and oxygen atoms in total. The van der Waals surface area contributed by atoms with Crippen molar-refractivity contribution in [3.05, 3.63) is 60.3 Å². The van der Waals surface area contributed by atoms with E-state index in [2.05, 4.69) is 50.8 Å². The monoisotopic (exact) mass is 546 g/mol. The number of ether oxygens (including phenoxy) is 2. The van der Waals surface area contributed by atoms with Crippen molar-refractivity contribution >= 4 is 5.97 Å². The van der Waals surface area contributed by atoms with E-state index in [0.717, 1.165) is 50.9 Å². The zero-order valence-electron chi connectivity index (χ0n) is 25.3. The summed E-state index contributed by atoms with van der Waals surface area (Å²) in [4.78, 5) is 13.3. The van der Waals surface area contributed by atoms with Gasteiger partial charge in [-0.2, -0.15) is 0 Å². The van der Waals surface area contributed by atoms with Gasteiger partial charge in [0.05, 0.1) is 12.2 Å². The second-order valence-corrected chi connectivity index (χ2v) is 13.9. The van der Waals surface area contributed by atoms with Crippen molar-refractivity contribution in [2.75, 3.05) is 0 Å². The topological polar surface area (TPSA) is 35.5 Å². The smallest absolute Gasteiger partial charge is 0.330 e. The first-order valence-electron chi connectivity index (χ1n) is 16.6. The fourth-order valence-electron chi connectivity index (χ4n) is 7.51. The molecule has 2 saturated carbocycles. The molecule has 2 aliphatic heterocycles. The second kappa shape index (κ2) is 14.3. The van der Waals surface area contributed by atoms with Crippen molar-refractivity contribution in [3.8, 4) is 0 Å². The van der Waals surface area contributed by atoms with Crippen molar-refractivity contribution in [1.82, 2.24) is 0 Å². The highest BCUT2D eigenvalue weighted by molar-refractivity contribution is 5.82. The van der Waals surface area contributed by atoms with Crippen LogP contribution in [0.2, 0.25) is 0 Å². The minimum Gasteiger partial charge on any atom is -0.459 e. The first-order chi connectivity index (χ1) is 19.4. The fourth-order valence-corrected chi connectivity index (χ4v) is 7.51. The van der Waals surface area contributed by atoms with Crippen LogP contribution in [0.15, 0.2) is 60.3 Å². The van der Waals surface area contributed by atoms with E-state index in [1.807, 2.05) is 6.08 Å². The molecule has 40 heavy (non-hydrogen) atoms. The highest BCUT2D eigenvalue weighted by Crippen LogP contribution is 2.48. The van der Waals surface area contributed by atoms with E-state index in [1.54, 1.807) is 6.08 Å². The number of carbonyl (C=O) groups is 1. The van der Waals surface area contributed by atoms with Gasteiger partial charge in [-0.15, -0.1) is 0 Å².